The fraction of sp³-hybridized carbons (Fsp3) is 0.833. The van der Waals surface area contributed by atoms with E-state index in [-0.39, 0.29) is 5.97 Å². The molecule has 0 aromatic carbocycles. The zero-order chi connectivity index (χ0) is 16.5. The van der Waals surface area contributed by atoms with E-state index in [0.29, 0.717) is 19.6 Å². The van der Waals surface area contributed by atoms with Crippen LogP contribution in [0.4, 0.5) is 0 Å². The van der Waals surface area contributed by atoms with Gasteiger partial charge in [-0.25, -0.2) is 4.79 Å². The highest BCUT2D eigenvalue weighted by Crippen LogP contribution is 2.07. The van der Waals surface area contributed by atoms with Crippen LogP contribution < -0.4 is 0 Å². The summed E-state index contributed by atoms with van der Waals surface area (Å²) in [6.07, 6.45) is 13.4. The first-order valence-electron chi connectivity index (χ1n) is 8.75. The van der Waals surface area contributed by atoms with E-state index in [0.717, 1.165) is 43.9 Å². The van der Waals surface area contributed by atoms with Gasteiger partial charge in [0.15, 0.2) is 6.10 Å². The van der Waals surface area contributed by atoms with Crippen LogP contribution in [0.2, 0.25) is 0 Å². The molecule has 0 aliphatic carbocycles. The molecule has 1 unspecified atom stereocenters. The first-order valence-corrected chi connectivity index (χ1v) is 9.87. The van der Waals surface area contributed by atoms with E-state index in [1.165, 1.54) is 12.8 Å². The molecule has 0 radical (unpaired) electrons. The second-order valence-corrected chi connectivity index (χ2v) is 6.21. The van der Waals surface area contributed by atoms with E-state index in [1.54, 1.807) is 0 Å². The Morgan fingerprint density at radius 1 is 1.00 bits per heavy atom. The smallest absolute Gasteiger partial charge is 0.335 e. The number of hydrogen-bond donors (Lipinski definition) is 0. The number of hydrogen-bond acceptors (Lipinski definition) is 3. The molecule has 0 aliphatic heterocycles. The van der Waals surface area contributed by atoms with E-state index in [1.807, 2.05) is 6.92 Å². The Hall–Kier alpha value is -0.350. The lowest BCUT2D eigenvalue weighted by molar-refractivity contribution is -0.157. The highest BCUT2D eigenvalue weighted by Gasteiger charge is 2.18. The van der Waals surface area contributed by atoms with E-state index in [9.17, 15) is 4.79 Å². The van der Waals surface area contributed by atoms with Gasteiger partial charge in [0.1, 0.15) is 0 Å². The van der Waals surface area contributed by atoms with Crippen LogP contribution in [0.5, 0.6) is 0 Å². The lowest BCUT2D eigenvalue weighted by atomic mass is 10.2. The largest absolute Gasteiger partial charge is 0.464 e. The summed E-state index contributed by atoms with van der Waals surface area (Å²) in [7, 11) is 0. The van der Waals surface area contributed by atoms with Crippen molar-refractivity contribution in [3.8, 4) is 0 Å². The molecule has 22 heavy (non-hydrogen) atoms. The van der Waals surface area contributed by atoms with Crippen molar-refractivity contribution in [2.24, 2.45) is 0 Å². The van der Waals surface area contributed by atoms with Crippen LogP contribution in [0.15, 0.2) is 12.2 Å². The Kier molecular flexibility index (Phi) is 16.7. The molecule has 0 amide bonds. The minimum absolute atomic E-state index is 0.200. The summed E-state index contributed by atoms with van der Waals surface area (Å²) in [4.78, 5) is 11.9. The SMILES string of the molecule is CC/C=C\CCCCOC(CC)C(=O)OCCCCCCBr. The van der Waals surface area contributed by atoms with Gasteiger partial charge in [-0.1, -0.05) is 54.8 Å². The molecule has 0 saturated carbocycles. The van der Waals surface area contributed by atoms with Crippen LogP contribution in [0.25, 0.3) is 0 Å². The molecule has 0 saturated heterocycles. The van der Waals surface area contributed by atoms with E-state index < -0.39 is 6.10 Å². The summed E-state index contributed by atoms with van der Waals surface area (Å²) >= 11 is 3.41. The summed E-state index contributed by atoms with van der Waals surface area (Å²) in [6.45, 7) is 5.26. The minimum Gasteiger partial charge on any atom is -0.464 e. The first kappa shape index (κ1) is 21.6. The molecular formula is C18H33BrO3. The molecular weight excluding hydrogens is 344 g/mol. The van der Waals surface area contributed by atoms with Gasteiger partial charge in [-0.3, -0.25) is 0 Å². The fourth-order valence-corrected chi connectivity index (χ4v) is 2.44. The topological polar surface area (TPSA) is 35.5 Å². The third-order valence-corrected chi connectivity index (χ3v) is 3.95. The van der Waals surface area contributed by atoms with Gasteiger partial charge in [0, 0.05) is 11.9 Å². The molecule has 4 heteroatoms. The predicted octanol–water partition coefficient (Wildman–Crippen LogP) is 5.42. The van der Waals surface area contributed by atoms with Crippen LogP contribution >= 0.6 is 15.9 Å². The van der Waals surface area contributed by atoms with Gasteiger partial charge >= 0.3 is 5.97 Å². The third kappa shape index (κ3) is 13.3. The van der Waals surface area contributed by atoms with Crippen molar-refractivity contribution in [2.75, 3.05) is 18.5 Å². The van der Waals surface area contributed by atoms with Crippen molar-refractivity contribution in [2.45, 2.75) is 77.7 Å². The molecule has 0 bridgehead atoms. The summed E-state index contributed by atoms with van der Waals surface area (Å²) in [5.74, 6) is -0.200. The standard InChI is InChI=1S/C18H33BrO3/c1-3-5-6-7-9-12-15-21-17(4-2)18(20)22-16-13-10-8-11-14-19/h5-6,17H,3-4,7-16H2,1-2H3/b6-5-. The van der Waals surface area contributed by atoms with Gasteiger partial charge in [0.2, 0.25) is 0 Å². The van der Waals surface area contributed by atoms with Crippen LogP contribution in [0.1, 0.15) is 71.6 Å². The molecule has 1 atom stereocenters. The van der Waals surface area contributed by atoms with Crippen molar-refractivity contribution >= 4 is 21.9 Å². The molecule has 0 N–H and O–H groups in total. The number of allylic oxidation sites excluding steroid dienone is 2. The summed E-state index contributed by atoms with van der Waals surface area (Å²) < 4.78 is 10.9. The van der Waals surface area contributed by atoms with E-state index >= 15 is 0 Å². The van der Waals surface area contributed by atoms with Crippen LogP contribution in [-0.4, -0.2) is 30.6 Å². The minimum atomic E-state index is -0.395. The summed E-state index contributed by atoms with van der Waals surface area (Å²) in [5.41, 5.74) is 0. The first-order chi connectivity index (χ1) is 10.8. The second-order valence-electron chi connectivity index (χ2n) is 5.41. The van der Waals surface area contributed by atoms with Crippen LogP contribution in [0.3, 0.4) is 0 Å². The van der Waals surface area contributed by atoms with Crippen molar-refractivity contribution in [1.82, 2.24) is 0 Å². The van der Waals surface area contributed by atoms with Crippen LogP contribution in [-0.2, 0) is 14.3 Å². The third-order valence-electron chi connectivity index (χ3n) is 3.39. The maximum absolute atomic E-state index is 11.9. The van der Waals surface area contributed by atoms with Gasteiger partial charge < -0.3 is 9.47 Å². The van der Waals surface area contributed by atoms with Crippen LogP contribution in [0, 0.1) is 0 Å². The Morgan fingerprint density at radius 2 is 1.73 bits per heavy atom. The Bertz CT molecular complexity index is 280. The normalized spacial score (nSPS) is 12.7. The van der Waals surface area contributed by atoms with E-state index in [4.69, 9.17) is 9.47 Å². The van der Waals surface area contributed by atoms with Gasteiger partial charge in [0.05, 0.1) is 6.61 Å². The average molecular weight is 377 g/mol. The number of rotatable bonds is 15. The molecule has 130 valence electrons. The maximum Gasteiger partial charge on any atom is 0.335 e. The average Bonchev–Trinajstić information content (AvgIpc) is 2.53. The number of esters is 1. The molecule has 0 aliphatic rings. The van der Waals surface area contributed by atoms with Gasteiger partial charge in [0.25, 0.3) is 0 Å². The number of carbonyl (C=O) groups excluding carboxylic acids is 1. The molecule has 0 heterocycles. The summed E-state index contributed by atoms with van der Waals surface area (Å²) in [5, 5.41) is 1.05. The number of alkyl halides is 1. The molecule has 0 aromatic heterocycles. The number of unbranched alkanes of at least 4 members (excludes halogenated alkanes) is 5. The van der Waals surface area contributed by atoms with Gasteiger partial charge in [-0.2, -0.15) is 0 Å². The number of carbonyl (C=O) groups is 1. The van der Waals surface area contributed by atoms with Gasteiger partial charge in [-0.05, 0) is 44.9 Å². The Morgan fingerprint density at radius 3 is 2.41 bits per heavy atom. The number of halogens is 1. The zero-order valence-corrected chi connectivity index (χ0v) is 15.9. The Labute approximate surface area is 145 Å². The number of ether oxygens (including phenoxy) is 2. The Balaban J connectivity index is 3.61. The zero-order valence-electron chi connectivity index (χ0n) is 14.3. The summed E-state index contributed by atoms with van der Waals surface area (Å²) in [6, 6.07) is 0. The molecule has 3 nitrogen and oxygen atoms in total. The lowest BCUT2D eigenvalue weighted by Gasteiger charge is -2.15. The molecule has 0 fully saturated rings. The fourth-order valence-electron chi connectivity index (χ4n) is 2.04. The van der Waals surface area contributed by atoms with Crippen molar-refractivity contribution in [1.29, 1.82) is 0 Å². The highest BCUT2D eigenvalue weighted by atomic mass is 79.9. The lowest BCUT2D eigenvalue weighted by Crippen LogP contribution is -2.26. The maximum atomic E-state index is 11.9. The quantitative estimate of drug-likeness (QED) is 0.166. The van der Waals surface area contributed by atoms with Gasteiger partial charge in [-0.15, -0.1) is 0 Å². The van der Waals surface area contributed by atoms with Crippen molar-refractivity contribution in [3.05, 3.63) is 12.2 Å². The molecule has 0 spiro atoms. The highest BCUT2D eigenvalue weighted by molar-refractivity contribution is 9.09. The van der Waals surface area contributed by atoms with Crippen molar-refractivity contribution in [3.63, 3.8) is 0 Å². The van der Waals surface area contributed by atoms with Crippen molar-refractivity contribution < 1.29 is 14.3 Å². The second kappa shape index (κ2) is 17.0. The molecule has 0 rings (SSSR count). The predicted molar refractivity (Wildman–Crippen MR) is 96.5 cm³/mol. The van der Waals surface area contributed by atoms with E-state index in [2.05, 4.69) is 35.0 Å². The molecule has 0 aromatic rings. The monoisotopic (exact) mass is 376 g/mol.